The second-order valence-electron chi connectivity index (χ2n) is 6.64. The molecule has 0 amide bonds. The van der Waals surface area contributed by atoms with Gasteiger partial charge in [0.2, 0.25) is 0 Å². The Bertz CT molecular complexity index is 1640. The van der Waals surface area contributed by atoms with Crippen molar-refractivity contribution in [1.82, 2.24) is 4.98 Å². The Hall–Kier alpha value is -3.65. The molecular formula is C19H13N3O8S2. The van der Waals surface area contributed by atoms with Gasteiger partial charge in [0, 0.05) is 17.6 Å². The molecule has 0 bridgehead atoms. The lowest BCUT2D eigenvalue weighted by atomic mass is 10.1. The third-order valence-corrected chi connectivity index (χ3v) is 6.21. The van der Waals surface area contributed by atoms with Crippen LogP contribution in [-0.2, 0) is 20.2 Å². The van der Waals surface area contributed by atoms with Crippen LogP contribution in [0.5, 0.6) is 11.5 Å². The summed E-state index contributed by atoms with van der Waals surface area (Å²) < 4.78 is 65.0. The molecule has 0 aliphatic heterocycles. The molecular weight excluding hydrogens is 462 g/mol. The summed E-state index contributed by atoms with van der Waals surface area (Å²) in [6, 6.07) is 9.92. The Morgan fingerprint density at radius 1 is 0.750 bits per heavy atom. The minimum absolute atomic E-state index is 0.0179. The highest BCUT2D eigenvalue weighted by molar-refractivity contribution is 7.86. The molecule has 11 nitrogen and oxygen atoms in total. The van der Waals surface area contributed by atoms with Crippen molar-refractivity contribution in [3.05, 3.63) is 54.7 Å². The number of phenols is 2. The Morgan fingerprint density at radius 2 is 1.38 bits per heavy atom. The highest BCUT2D eigenvalue weighted by Gasteiger charge is 2.20. The van der Waals surface area contributed by atoms with Crippen LogP contribution in [0.4, 0.5) is 11.4 Å². The van der Waals surface area contributed by atoms with E-state index in [0.717, 1.165) is 24.3 Å². The molecule has 0 atom stereocenters. The van der Waals surface area contributed by atoms with Gasteiger partial charge in [0.15, 0.2) is 5.75 Å². The zero-order valence-electron chi connectivity index (χ0n) is 15.8. The van der Waals surface area contributed by atoms with Crippen LogP contribution >= 0.6 is 0 Å². The Labute approximate surface area is 180 Å². The van der Waals surface area contributed by atoms with Crippen molar-refractivity contribution in [3.8, 4) is 11.5 Å². The summed E-state index contributed by atoms with van der Waals surface area (Å²) in [5.74, 6) is -0.935. The fraction of sp³-hybridized carbons (Fsp3) is 0. The minimum atomic E-state index is -4.75. The van der Waals surface area contributed by atoms with E-state index in [1.165, 1.54) is 12.3 Å². The number of benzene rings is 3. The highest BCUT2D eigenvalue weighted by Crippen LogP contribution is 2.40. The third-order valence-electron chi connectivity index (χ3n) is 4.54. The van der Waals surface area contributed by atoms with Crippen LogP contribution in [0.1, 0.15) is 0 Å². The summed E-state index contributed by atoms with van der Waals surface area (Å²) in [5, 5.41) is 28.9. The van der Waals surface area contributed by atoms with Gasteiger partial charge in [-0.05, 0) is 35.7 Å². The van der Waals surface area contributed by atoms with Gasteiger partial charge in [-0.25, -0.2) is 0 Å². The predicted molar refractivity (Wildman–Crippen MR) is 113 cm³/mol. The van der Waals surface area contributed by atoms with Gasteiger partial charge in [-0.3, -0.25) is 14.1 Å². The van der Waals surface area contributed by atoms with Crippen molar-refractivity contribution < 1.29 is 36.2 Å². The van der Waals surface area contributed by atoms with Crippen molar-refractivity contribution in [2.75, 3.05) is 0 Å². The first-order chi connectivity index (χ1) is 14.9. The van der Waals surface area contributed by atoms with E-state index in [-0.39, 0.29) is 33.4 Å². The van der Waals surface area contributed by atoms with E-state index >= 15 is 0 Å². The van der Waals surface area contributed by atoms with Crippen LogP contribution in [0.3, 0.4) is 0 Å². The SMILES string of the molecule is O=S(=O)(O)c1cc(O)c2c(N=Nc3ccc4cccnc4c3O)cc(S(=O)(=O)O)cc2c1. The lowest BCUT2D eigenvalue weighted by Gasteiger charge is -2.09. The fourth-order valence-corrected chi connectivity index (χ4v) is 4.17. The predicted octanol–water partition coefficient (Wildman–Crippen LogP) is 3.71. The molecule has 1 aromatic heterocycles. The summed E-state index contributed by atoms with van der Waals surface area (Å²) in [7, 11) is -9.48. The number of aromatic nitrogens is 1. The molecule has 0 saturated heterocycles. The zero-order valence-corrected chi connectivity index (χ0v) is 17.4. The molecule has 0 unspecified atom stereocenters. The van der Waals surface area contributed by atoms with Gasteiger partial charge in [0.25, 0.3) is 20.2 Å². The molecule has 4 rings (SSSR count). The molecule has 0 aliphatic rings. The first kappa shape index (κ1) is 21.6. The number of phenolic OH excluding ortho intramolecular Hbond substituents is 2. The highest BCUT2D eigenvalue weighted by atomic mass is 32.2. The van der Waals surface area contributed by atoms with Crippen molar-refractivity contribution in [3.63, 3.8) is 0 Å². The second kappa shape index (κ2) is 7.49. The largest absolute Gasteiger partial charge is 0.507 e. The summed E-state index contributed by atoms with van der Waals surface area (Å²) in [6.07, 6.45) is 1.47. The Morgan fingerprint density at radius 3 is 2.03 bits per heavy atom. The van der Waals surface area contributed by atoms with Crippen LogP contribution in [0.15, 0.2) is 74.7 Å². The maximum Gasteiger partial charge on any atom is 0.294 e. The zero-order chi connectivity index (χ0) is 23.3. The molecule has 32 heavy (non-hydrogen) atoms. The van der Waals surface area contributed by atoms with Crippen molar-refractivity contribution >= 4 is 53.3 Å². The van der Waals surface area contributed by atoms with E-state index < -0.39 is 35.8 Å². The smallest absolute Gasteiger partial charge is 0.294 e. The topological polar surface area (TPSA) is 187 Å². The number of aromatic hydroxyl groups is 2. The summed E-state index contributed by atoms with van der Waals surface area (Å²) in [6.45, 7) is 0. The molecule has 3 aromatic carbocycles. The maximum absolute atomic E-state index is 11.7. The van der Waals surface area contributed by atoms with E-state index in [9.17, 15) is 36.2 Å². The van der Waals surface area contributed by atoms with Crippen molar-refractivity contribution in [1.29, 1.82) is 0 Å². The van der Waals surface area contributed by atoms with E-state index in [2.05, 4.69) is 15.2 Å². The van der Waals surface area contributed by atoms with Gasteiger partial charge >= 0.3 is 0 Å². The Balaban J connectivity index is 1.96. The number of hydrogen-bond donors (Lipinski definition) is 4. The molecule has 4 aromatic rings. The molecule has 4 N–H and O–H groups in total. The van der Waals surface area contributed by atoms with Crippen LogP contribution < -0.4 is 0 Å². The fourth-order valence-electron chi connectivity index (χ4n) is 3.10. The van der Waals surface area contributed by atoms with Crippen molar-refractivity contribution in [2.24, 2.45) is 10.2 Å². The lowest BCUT2D eigenvalue weighted by Crippen LogP contribution is -2.00. The standard InChI is InChI=1S/C19H13N3O8S2/c23-16-9-13(32(28,29)30)7-11-6-12(31(25,26)27)8-15(17(11)16)22-21-14-4-3-10-2-1-5-20-18(10)19(14)24/h1-9,23-24H,(H,25,26,27)(H,28,29,30). The van der Waals surface area contributed by atoms with E-state index in [1.54, 1.807) is 18.2 Å². The molecule has 13 heteroatoms. The summed E-state index contributed by atoms with van der Waals surface area (Å²) in [4.78, 5) is 2.70. The van der Waals surface area contributed by atoms with Crippen LogP contribution in [0.2, 0.25) is 0 Å². The normalized spacial score (nSPS) is 12.7. The van der Waals surface area contributed by atoms with Gasteiger partial charge < -0.3 is 10.2 Å². The molecule has 0 radical (unpaired) electrons. The summed E-state index contributed by atoms with van der Waals surface area (Å²) >= 11 is 0. The molecule has 164 valence electrons. The maximum atomic E-state index is 11.7. The molecule has 1 heterocycles. The van der Waals surface area contributed by atoms with E-state index in [0.29, 0.717) is 5.39 Å². The molecule has 0 spiro atoms. The molecule has 0 aliphatic carbocycles. The monoisotopic (exact) mass is 475 g/mol. The first-order valence-corrected chi connectivity index (χ1v) is 11.6. The lowest BCUT2D eigenvalue weighted by molar-refractivity contribution is 0.471. The van der Waals surface area contributed by atoms with Gasteiger partial charge in [-0.2, -0.15) is 16.8 Å². The van der Waals surface area contributed by atoms with Crippen LogP contribution in [0.25, 0.3) is 21.7 Å². The van der Waals surface area contributed by atoms with Crippen LogP contribution in [-0.4, -0.2) is 41.1 Å². The first-order valence-electron chi connectivity index (χ1n) is 8.69. The quantitative estimate of drug-likeness (QED) is 0.252. The number of fused-ring (bicyclic) bond motifs is 2. The van der Waals surface area contributed by atoms with Crippen molar-refractivity contribution in [2.45, 2.75) is 9.79 Å². The number of rotatable bonds is 4. The number of hydrogen-bond acceptors (Lipinski definition) is 9. The summed E-state index contributed by atoms with van der Waals surface area (Å²) in [5.41, 5.74) is -0.0215. The number of nitrogens with zero attached hydrogens (tertiary/aromatic N) is 3. The van der Waals surface area contributed by atoms with Gasteiger partial charge in [-0.1, -0.05) is 12.1 Å². The van der Waals surface area contributed by atoms with Gasteiger partial charge in [0.05, 0.1) is 20.9 Å². The molecule has 0 saturated carbocycles. The van der Waals surface area contributed by atoms with E-state index in [4.69, 9.17) is 0 Å². The van der Waals surface area contributed by atoms with Crippen LogP contribution in [0, 0.1) is 0 Å². The second-order valence-corrected chi connectivity index (χ2v) is 9.48. The molecule has 0 fully saturated rings. The average Bonchev–Trinajstić information content (AvgIpc) is 2.71. The van der Waals surface area contributed by atoms with E-state index in [1.807, 2.05) is 0 Å². The minimum Gasteiger partial charge on any atom is -0.507 e. The average molecular weight is 475 g/mol. The number of pyridine rings is 1. The number of azo groups is 1. The van der Waals surface area contributed by atoms with Gasteiger partial charge in [0.1, 0.15) is 17.0 Å². The van der Waals surface area contributed by atoms with Gasteiger partial charge in [-0.15, -0.1) is 10.2 Å². The Kier molecular flexibility index (Phi) is 5.05. The third kappa shape index (κ3) is 3.97.